The minimum absolute atomic E-state index is 0.177. The molecule has 0 heterocycles. The first kappa shape index (κ1) is 16.4. The minimum atomic E-state index is -0.373. The zero-order chi connectivity index (χ0) is 15.8. The summed E-state index contributed by atoms with van der Waals surface area (Å²) in [5.74, 6) is 0.349. The van der Waals surface area contributed by atoms with Crippen molar-refractivity contribution < 1.29 is 9.53 Å². The Morgan fingerprint density at radius 1 is 1.09 bits per heavy atom. The van der Waals surface area contributed by atoms with Crippen LogP contribution < -0.4 is 0 Å². The van der Waals surface area contributed by atoms with Crippen LogP contribution in [0, 0.1) is 0 Å². The maximum Gasteiger partial charge on any atom is 0.330 e. The van der Waals surface area contributed by atoms with Crippen molar-refractivity contribution in [3.63, 3.8) is 0 Å². The third kappa shape index (κ3) is 4.01. The van der Waals surface area contributed by atoms with Gasteiger partial charge in [0.05, 0.1) is 4.75 Å². The summed E-state index contributed by atoms with van der Waals surface area (Å²) in [4.78, 5) is 11.1. The predicted octanol–water partition coefficient (Wildman–Crippen LogP) is 4.41. The summed E-state index contributed by atoms with van der Waals surface area (Å²) in [6.45, 7) is 5.99. The molecule has 0 N–H and O–H groups in total. The second-order valence-electron chi connectivity index (χ2n) is 4.99. The summed E-state index contributed by atoms with van der Waals surface area (Å²) in [6.07, 6.45) is 1.19. The van der Waals surface area contributed by atoms with Crippen molar-refractivity contribution in [2.24, 2.45) is 0 Å². The van der Waals surface area contributed by atoms with E-state index in [1.54, 1.807) is 11.8 Å². The molecule has 0 fully saturated rings. The Hall–Kier alpha value is -2.00. The summed E-state index contributed by atoms with van der Waals surface area (Å²) in [6, 6.07) is 20.8. The van der Waals surface area contributed by atoms with E-state index >= 15 is 0 Å². The standard InChI is InChI=1S/C19H20O2S/c1-3-18(20)21-14-15-22-19(2,16-10-6-4-7-11-16)17-12-8-5-9-13-17/h3-13H,1,14-15H2,2H3. The van der Waals surface area contributed by atoms with Crippen molar-refractivity contribution in [1.29, 1.82) is 0 Å². The normalized spacial score (nSPS) is 11.0. The Morgan fingerprint density at radius 2 is 1.59 bits per heavy atom. The van der Waals surface area contributed by atoms with Gasteiger partial charge in [-0.1, -0.05) is 67.2 Å². The number of carbonyl (C=O) groups excluding carboxylic acids is 1. The summed E-state index contributed by atoms with van der Waals surface area (Å²) in [7, 11) is 0. The molecular weight excluding hydrogens is 292 g/mol. The lowest BCUT2D eigenvalue weighted by Gasteiger charge is -2.30. The first-order chi connectivity index (χ1) is 10.7. The van der Waals surface area contributed by atoms with E-state index in [4.69, 9.17) is 4.74 Å². The lowest BCUT2D eigenvalue weighted by Crippen LogP contribution is -2.21. The van der Waals surface area contributed by atoms with E-state index in [-0.39, 0.29) is 10.7 Å². The van der Waals surface area contributed by atoms with Crippen molar-refractivity contribution in [3.05, 3.63) is 84.4 Å². The predicted molar refractivity (Wildman–Crippen MR) is 93.0 cm³/mol. The highest BCUT2D eigenvalue weighted by atomic mass is 32.2. The third-order valence-electron chi connectivity index (χ3n) is 3.53. The van der Waals surface area contributed by atoms with Crippen LogP contribution in [0.5, 0.6) is 0 Å². The molecule has 2 rings (SSSR count). The molecule has 2 nitrogen and oxygen atoms in total. The topological polar surface area (TPSA) is 26.3 Å². The molecule has 0 saturated carbocycles. The summed E-state index contributed by atoms with van der Waals surface area (Å²) < 4.78 is 4.90. The van der Waals surface area contributed by atoms with Gasteiger partial charge in [0.1, 0.15) is 6.61 Å². The van der Waals surface area contributed by atoms with E-state index in [0.717, 1.165) is 5.75 Å². The molecular formula is C19H20O2S. The van der Waals surface area contributed by atoms with Crippen LogP contribution in [0.3, 0.4) is 0 Å². The fourth-order valence-electron chi connectivity index (χ4n) is 2.29. The Kier molecular flexibility index (Phi) is 5.84. The molecule has 0 aliphatic heterocycles. The Morgan fingerprint density at radius 3 is 2.05 bits per heavy atom. The molecule has 2 aromatic rings. The second-order valence-corrected chi connectivity index (χ2v) is 6.50. The highest BCUT2D eigenvalue weighted by molar-refractivity contribution is 8.00. The summed E-state index contributed by atoms with van der Waals surface area (Å²) in [5, 5.41) is 0. The number of esters is 1. The van der Waals surface area contributed by atoms with E-state index in [1.165, 1.54) is 17.2 Å². The first-order valence-electron chi connectivity index (χ1n) is 7.21. The zero-order valence-electron chi connectivity index (χ0n) is 12.7. The SMILES string of the molecule is C=CC(=O)OCCSC(C)(c1ccccc1)c1ccccc1. The molecule has 114 valence electrons. The highest BCUT2D eigenvalue weighted by Gasteiger charge is 2.29. The number of hydrogen-bond donors (Lipinski definition) is 0. The van der Waals surface area contributed by atoms with Crippen LogP contribution in [0.4, 0.5) is 0 Å². The number of rotatable bonds is 7. The zero-order valence-corrected chi connectivity index (χ0v) is 13.5. The van der Waals surface area contributed by atoms with Crippen LogP contribution in [0.2, 0.25) is 0 Å². The molecule has 0 aliphatic rings. The minimum Gasteiger partial charge on any atom is -0.462 e. The Balaban J connectivity index is 2.16. The van der Waals surface area contributed by atoms with Gasteiger partial charge in [-0.2, -0.15) is 0 Å². The van der Waals surface area contributed by atoms with Crippen LogP contribution in [-0.4, -0.2) is 18.3 Å². The van der Waals surface area contributed by atoms with Gasteiger partial charge in [0.25, 0.3) is 0 Å². The quantitative estimate of drug-likeness (QED) is 0.430. The van der Waals surface area contributed by atoms with Crippen LogP contribution in [0.1, 0.15) is 18.1 Å². The van der Waals surface area contributed by atoms with Gasteiger partial charge in [0, 0.05) is 11.8 Å². The van der Waals surface area contributed by atoms with Gasteiger partial charge >= 0.3 is 5.97 Å². The van der Waals surface area contributed by atoms with Crippen LogP contribution in [0.15, 0.2) is 73.3 Å². The van der Waals surface area contributed by atoms with E-state index < -0.39 is 0 Å². The molecule has 0 bridgehead atoms. The average molecular weight is 312 g/mol. The number of carbonyl (C=O) groups is 1. The lowest BCUT2D eigenvalue weighted by atomic mass is 9.92. The second kappa shape index (κ2) is 7.85. The van der Waals surface area contributed by atoms with Gasteiger partial charge in [-0.3, -0.25) is 0 Å². The van der Waals surface area contributed by atoms with Crippen LogP contribution >= 0.6 is 11.8 Å². The van der Waals surface area contributed by atoms with Crippen molar-refractivity contribution >= 4 is 17.7 Å². The molecule has 0 aliphatic carbocycles. The van der Waals surface area contributed by atoms with Crippen molar-refractivity contribution in [1.82, 2.24) is 0 Å². The average Bonchev–Trinajstić information content (AvgIpc) is 2.59. The van der Waals surface area contributed by atoms with Gasteiger partial charge < -0.3 is 4.74 Å². The maximum atomic E-state index is 11.1. The van der Waals surface area contributed by atoms with Crippen molar-refractivity contribution in [2.75, 3.05) is 12.4 Å². The Bertz CT molecular complexity index is 568. The highest BCUT2D eigenvalue weighted by Crippen LogP contribution is 2.42. The molecule has 0 saturated heterocycles. The number of hydrogen-bond acceptors (Lipinski definition) is 3. The molecule has 0 unspecified atom stereocenters. The van der Waals surface area contributed by atoms with E-state index in [2.05, 4.69) is 62.0 Å². The van der Waals surface area contributed by atoms with Gasteiger partial charge in [-0.15, -0.1) is 11.8 Å². The molecule has 22 heavy (non-hydrogen) atoms. The van der Waals surface area contributed by atoms with Crippen LogP contribution in [0.25, 0.3) is 0 Å². The summed E-state index contributed by atoms with van der Waals surface area (Å²) in [5.41, 5.74) is 2.47. The molecule has 0 radical (unpaired) electrons. The van der Waals surface area contributed by atoms with Gasteiger partial charge in [-0.05, 0) is 18.1 Å². The van der Waals surface area contributed by atoms with Gasteiger partial charge in [0.15, 0.2) is 0 Å². The van der Waals surface area contributed by atoms with Crippen molar-refractivity contribution in [2.45, 2.75) is 11.7 Å². The molecule has 2 aromatic carbocycles. The number of ether oxygens (including phenoxy) is 1. The first-order valence-corrected chi connectivity index (χ1v) is 8.19. The third-order valence-corrected chi connectivity index (χ3v) is 4.95. The maximum absolute atomic E-state index is 11.1. The molecule has 3 heteroatoms. The van der Waals surface area contributed by atoms with Crippen molar-refractivity contribution in [3.8, 4) is 0 Å². The van der Waals surface area contributed by atoms with E-state index in [0.29, 0.717) is 6.61 Å². The van der Waals surface area contributed by atoms with E-state index in [1.807, 2.05) is 12.1 Å². The largest absolute Gasteiger partial charge is 0.462 e. The number of thioether (sulfide) groups is 1. The monoisotopic (exact) mass is 312 g/mol. The van der Waals surface area contributed by atoms with Gasteiger partial charge in [0.2, 0.25) is 0 Å². The van der Waals surface area contributed by atoms with Gasteiger partial charge in [-0.25, -0.2) is 4.79 Å². The number of benzene rings is 2. The molecule has 0 spiro atoms. The van der Waals surface area contributed by atoms with E-state index in [9.17, 15) is 4.79 Å². The lowest BCUT2D eigenvalue weighted by molar-refractivity contribution is -0.137. The molecule has 0 amide bonds. The fourth-order valence-corrected chi connectivity index (χ4v) is 3.47. The summed E-state index contributed by atoms with van der Waals surface area (Å²) >= 11 is 1.77. The fraction of sp³-hybridized carbons (Fsp3) is 0.211. The molecule has 0 aromatic heterocycles. The molecule has 0 atom stereocenters. The Labute approximate surface area is 136 Å². The smallest absolute Gasteiger partial charge is 0.330 e. The van der Waals surface area contributed by atoms with Crippen LogP contribution in [-0.2, 0) is 14.3 Å².